The lowest BCUT2D eigenvalue weighted by molar-refractivity contribution is -0.144. The van der Waals surface area contributed by atoms with Gasteiger partial charge in [-0.1, -0.05) is 37.3 Å². The van der Waals surface area contributed by atoms with E-state index >= 15 is 0 Å². The van der Waals surface area contributed by atoms with Gasteiger partial charge in [0.1, 0.15) is 17.7 Å². The fourth-order valence-electron chi connectivity index (χ4n) is 3.81. The van der Waals surface area contributed by atoms with Crippen molar-refractivity contribution in [2.24, 2.45) is 5.92 Å². The SMILES string of the molecule is CSCCC(NC(=O)OC(C)(C)C)C(=O)N(C(C(=O)NC(C)(C)C)c1ccccc1)C1CC1C. The summed E-state index contributed by atoms with van der Waals surface area (Å²) in [7, 11) is 0. The molecule has 0 aromatic heterocycles. The van der Waals surface area contributed by atoms with Gasteiger partial charge >= 0.3 is 6.09 Å². The maximum absolute atomic E-state index is 14.0. The minimum Gasteiger partial charge on any atom is -0.444 e. The predicted molar refractivity (Wildman–Crippen MR) is 138 cm³/mol. The molecule has 1 aliphatic rings. The molecule has 0 bridgehead atoms. The Hall–Kier alpha value is -2.22. The molecule has 1 fully saturated rings. The summed E-state index contributed by atoms with van der Waals surface area (Å²) in [5.41, 5.74) is -0.389. The Balaban J connectivity index is 2.44. The zero-order valence-corrected chi connectivity index (χ0v) is 22.6. The first-order chi connectivity index (χ1) is 15.7. The van der Waals surface area contributed by atoms with Gasteiger partial charge in [-0.25, -0.2) is 4.79 Å². The number of hydrogen-bond donors (Lipinski definition) is 2. The molecule has 1 aromatic carbocycles. The van der Waals surface area contributed by atoms with Crippen LogP contribution >= 0.6 is 11.8 Å². The number of rotatable bonds is 9. The highest BCUT2D eigenvalue weighted by Crippen LogP contribution is 2.41. The lowest BCUT2D eigenvalue weighted by atomic mass is 10.00. The molecule has 4 unspecified atom stereocenters. The number of carbonyl (C=O) groups excluding carboxylic acids is 3. The van der Waals surface area contributed by atoms with Crippen molar-refractivity contribution >= 4 is 29.7 Å². The van der Waals surface area contributed by atoms with E-state index in [9.17, 15) is 14.4 Å². The highest BCUT2D eigenvalue weighted by atomic mass is 32.2. The number of nitrogens with zero attached hydrogens (tertiary/aromatic N) is 1. The lowest BCUT2D eigenvalue weighted by Gasteiger charge is -2.36. The van der Waals surface area contributed by atoms with E-state index in [1.807, 2.05) is 57.4 Å². The Kier molecular flexibility index (Phi) is 9.45. The minimum atomic E-state index is -0.792. The van der Waals surface area contributed by atoms with Crippen molar-refractivity contribution in [1.29, 1.82) is 0 Å². The highest BCUT2D eigenvalue weighted by Gasteiger charge is 2.48. The third kappa shape index (κ3) is 8.53. The van der Waals surface area contributed by atoms with E-state index in [0.717, 1.165) is 12.0 Å². The van der Waals surface area contributed by atoms with Crippen LogP contribution in [0.1, 0.15) is 72.9 Å². The van der Waals surface area contributed by atoms with Gasteiger partial charge in [-0.2, -0.15) is 11.8 Å². The molecule has 0 spiro atoms. The monoisotopic (exact) mass is 491 g/mol. The maximum atomic E-state index is 14.0. The smallest absolute Gasteiger partial charge is 0.408 e. The van der Waals surface area contributed by atoms with Crippen molar-refractivity contribution in [2.45, 2.75) is 90.6 Å². The molecule has 0 heterocycles. The second kappa shape index (κ2) is 11.5. The molecule has 2 N–H and O–H groups in total. The standard InChI is InChI=1S/C26H41N3O4S/c1-17-16-20(17)29(21(18-12-10-9-11-13-18)22(30)28-25(2,3)4)23(31)19(14-15-34-8)27-24(32)33-26(5,6)7/h9-13,17,19-21H,14-16H2,1-8H3,(H,27,32)(H,28,30). The van der Waals surface area contributed by atoms with E-state index in [4.69, 9.17) is 4.74 Å². The van der Waals surface area contributed by atoms with Crippen LogP contribution in [0, 0.1) is 5.92 Å². The molecule has 190 valence electrons. The first-order valence-electron chi connectivity index (χ1n) is 11.9. The first kappa shape index (κ1) is 28.0. The third-order valence-corrected chi connectivity index (χ3v) is 6.06. The van der Waals surface area contributed by atoms with E-state index in [2.05, 4.69) is 17.6 Å². The molecule has 34 heavy (non-hydrogen) atoms. The lowest BCUT2D eigenvalue weighted by Crippen LogP contribution is -2.55. The number of alkyl carbamates (subject to hydrolysis) is 1. The zero-order valence-electron chi connectivity index (χ0n) is 21.8. The topological polar surface area (TPSA) is 87.7 Å². The number of amides is 3. The number of hydrogen-bond acceptors (Lipinski definition) is 5. The summed E-state index contributed by atoms with van der Waals surface area (Å²) in [6, 6.07) is 7.73. The van der Waals surface area contributed by atoms with Gasteiger partial charge in [-0.05, 0) is 77.9 Å². The van der Waals surface area contributed by atoms with Crippen LogP contribution in [0.4, 0.5) is 4.79 Å². The van der Waals surface area contributed by atoms with E-state index in [-0.39, 0.29) is 23.8 Å². The molecular weight excluding hydrogens is 450 g/mol. The van der Waals surface area contributed by atoms with E-state index in [0.29, 0.717) is 12.2 Å². The second-order valence-electron chi connectivity index (χ2n) is 11.1. The van der Waals surface area contributed by atoms with Crippen molar-refractivity contribution in [3.05, 3.63) is 35.9 Å². The summed E-state index contributed by atoms with van der Waals surface area (Å²) in [4.78, 5) is 41.9. The van der Waals surface area contributed by atoms with Crippen LogP contribution in [-0.4, -0.2) is 58.0 Å². The molecular formula is C26H41N3O4S. The average molecular weight is 492 g/mol. The van der Waals surface area contributed by atoms with Gasteiger partial charge in [-0.3, -0.25) is 9.59 Å². The number of carbonyl (C=O) groups is 3. The number of nitrogens with one attached hydrogen (secondary N) is 2. The van der Waals surface area contributed by atoms with Crippen molar-refractivity contribution in [1.82, 2.24) is 15.5 Å². The maximum Gasteiger partial charge on any atom is 0.408 e. The number of ether oxygens (including phenoxy) is 1. The van der Waals surface area contributed by atoms with Crippen LogP contribution in [0.15, 0.2) is 30.3 Å². The van der Waals surface area contributed by atoms with Crippen molar-refractivity contribution in [2.75, 3.05) is 12.0 Å². The predicted octanol–water partition coefficient (Wildman–Crippen LogP) is 4.53. The molecule has 2 rings (SSSR count). The Labute approximate surface area is 208 Å². The normalized spacial score (nSPS) is 19.5. The largest absolute Gasteiger partial charge is 0.444 e. The van der Waals surface area contributed by atoms with Crippen molar-refractivity contribution < 1.29 is 19.1 Å². The van der Waals surface area contributed by atoms with Gasteiger partial charge in [0, 0.05) is 11.6 Å². The van der Waals surface area contributed by atoms with Crippen LogP contribution in [0.3, 0.4) is 0 Å². The minimum absolute atomic E-state index is 0.0689. The Morgan fingerprint density at radius 2 is 1.71 bits per heavy atom. The van der Waals surface area contributed by atoms with Crippen LogP contribution in [0.2, 0.25) is 0 Å². The Morgan fingerprint density at radius 1 is 1.12 bits per heavy atom. The molecule has 4 atom stereocenters. The molecule has 0 saturated heterocycles. The van der Waals surface area contributed by atoms with Gasteiger partial charge in [0.05, 0.1) is 0 Å². The van der Waals surface area contributed by atoms with E-state index in [1.54, 1.807) is 37.4 Å². The summed E-state index contributed by atoms with van der Waals surface area (Å²) in [6.45, 7) is 13.2. The summed E-state index contributed by atoms with van der Waals surface area (Å²) in [5, 5.41) is 5.84. The second-order valence-corrected chi connectivity index (χ2v) is 12.0. The molecule has 1 saturated carbocycles. The molecule has 3 amide bonds. The van der Waals surface area contributed by atoms with E-state index < -0.39 is 29.3 Å². The van der Waals surface area contributed by atoms with Gasteiger partial charge in [0.2, 0.25) is 11.8 Å². The zero-order chi connectivity index (χ0) is 25.7. The molecule has 0 radical (unpaired) electrons. The highest BCUT2D eigenvalue weighted by molar-refractivity contribution is 7.98. The Morgan fingerprint density at radius 3 is 2.18 bits per heavy atom. The summed E-state index contributed by atoms with van der Waals surface area (Å²) in [6.07, 6.45) is 2.59. The molecule has 7 nitrogen and oxygen atoms in total. The van der Waals surface area contributed by atoms with E-state index in [1.165, 1.54) is 0 Å². The molecule has 1 aliphatic carbocycles. The fourth-order valence-corrected chi connectivity index (χ4v) is 4.28. The van der Waals surface area contributed by atoms with Crippen LogP contribution in [0.25, 0.3) is 0 Å². The average Bonchev–Trinajstić information content (AvgIpc) is 3.42. The quantitative estimate of drug-likeness (QED) is 0.530. The summed E-state index contributed by atoms with van der Waals surface area (Å²) >= 11 is 1.60. The Bertz CT molecular complexity index is 848. The number of benzene rings is 1. The van der Waals surface area contributed by atoms with Gasteiger partial charge in [-0.15, -0.1) is 0 Å². The third-order valence-electron chi connectivity index (χ3n) is 5.42. The van der Waals surface area contributed by atoms with Gasteiger partial charge in [0.15, 0.2) is 0 Å². The molecule has 1 aromatic rings. The van der Waals surface area contributed by atoms with Crippen molar-refractivity contribution in [3.8, 4) is 0 Å². The fraction of sp³-hybridized carbons (Fsp3) is 0.654. The molecule has 8 heteroatoms. The van der Waals surface area contributed by atoms with Crippen molar-refractivity contribution in [3.63, 3.8) is 0 Å². The van der Waals surface area contributed by atoms with Crippen LogP contribution < -0.4 is 10.6 Å². The van der Waals surface area contributed by atoms with Gasteiger partial charge < -0.3 is 20.3 Å². The van der Waals surface area contributed by atoms with Gasteiger partial charge in [0.25, 0.3) is 0 Å². The summed E-state index contributed by atoms with van der Waals surface area (Å²) in [5.74, 6) is 0.476. The number of thioether (sulfide) groups is 1. The molecule has 0 aliphatic heterocycles. The van der Waals surface area contributed by atoms with Crippen LogP contribution in [-0.2, 0) is 14.3 Å². The first-order valence-corrected chi connectivity index (χ1v) is 13.3. The summed E-state index contributed by atoms with van der Waals surface area (Å²) < 4.78 is 5.43. The van der Waals surface area contributed by atoms with Crippen LogP contribution in [0.5, 0.6) is 0 Å².